The van der Waals surface area contributed by atoms with Crippen LogP contribution in [0.25, 0.3) is 0 Å². The van der Waals surface area contributed by atoms with Crippen molar-refractivity contribution in [2.24, 2.45) is 0 Å². The van der Waals surface area contributed by atoms with Crippen LogP contribution in [0.2, 0.25) is 0 Å². The maximum atomic E-state index is 12.2. The van der Waals surface area contributed by atoms with Crippen LogP contribution >= 0.6 is 15.9 Å². The molecule has 116 valence electrons. The average Bonchev–Trinajstić information content (AvgIpc) is 2.36. The second-order valence-corrected chi connectivity index (χ2v) is 4.91. The Morgan fingerprint density at radius 1 is 1.09 bits per heavy atom. The SMILES string of the molecule is O=[N+]([O-])c1ccc(Br)cc1Oc1cccc(OC(F)(F)F)c1. The van der Waals surface area contributed by atoms with Crippen LogP contribution in [0.3, 0.4) is 0 Å². The minimum atomic E-state index is -4.83. The average molecular weight is 378 g/mol. The van der Waals surface area contributed by atoms with Crippen molar-refractivity contribution >= 4 is 21.6 Å². The Bertz CT molecular complexity index is 706. The van der Waals surface area contributed by atoms with Crippen molar-refractivity contribution in [3.8, 4) is 17.2 Å². The van der Waals surface area contributed by atoms with Gasteiger partial charge in [0, 0.05) is 22.7 Å². The molecule has 0 saturated carbocycles. The Hall–Kier alpha value is -2.29. The van der Waals surface area contributed by atoms with Crippen LogP contribution in [0, 0.1) is 10.1 Å². The Morgan fingerprint density at radius 3 is 2.41 bits per heavy atom. The highest BCUT2D eigenvalue weighted by Crippen LogP contribution is 2.35. The molecule has 0 aliphatic rings. The predicted molar refractivity (Wildman–Crippen MR) is 74.0 cm³/mol. The van der Waals surface area contributed by atoms with Crippen molar-refractivity contribution in [3.63, 3.8) is 0 Å². The minimum absolute atomic E-state index is 0.0250. The lowest BCUT2D eigenvalue weighted by Gasteiger charge is -2.11. The van der Waals surface area contributed by atoms with E-state index in [0.29, 0.717) is 4.47 Å². The first kappa shape index (κ1) is 16.1. The summed E-state index contributed by atoms with van der Waals surface area (Å²) in [6, 6.07) is 8.72. The number of benzene rings is 2. The quantitative estimate of drug-likeness (QED) is 0.552. The molecule has 0 radical (unpaired) electrons. The molecule has 0 fully saturated rings. The fourth-order valence-corrected chi connectivity index (χ4v) is 1.92. The molecule has 0 aliphatic heterocycles. The molecule has 22 heavy (non-hydrogen) atoms. The Balaban J connectivity index is 2.30. The van der Waals surface area contributed by atoms with E-state index in [1.54, 1.807) is 0 Å². The second-order valence-electron chi connectivity index (χ2n) is 3.99. The second kappa shape index (κ2) is 6.22. The molecule has 0 unspecified atom stereocenters. The lowest BCUT2D eigenvalue weighted by atomic mass is 10.3. The van der Waals surface area contributed by atoms with E-state index in [9.17, 15) is 23.3 Å². The van der Waals surface area contributed by atoms with E-state index in [1.165, 1.54) is 30.3 Å². The topological polar surface area (TPSA) is 61.6 Å². The van der Waals surface area contributed by atoms with E-state index in [1.807, 2.05) is 0 Å². The molecule has 2 aromatic carbocycles. The molecule has 0 heterocycles. The third-order valence-electron chi connectivity index (χ3n) is 2.39. The maximum Gasteiger partial charge on any atom is 0.573 e. The zero-order chi connectivity index (χ0) is 16.3. The minimum Gasteiger partial charge on any atom is -0.450 e. The lowest BCUT2D eigenvalue weighted by molar-refractivity contribution is -0.385. The third kappa shape index (κ3) is 4.35. The number of nitro groups is 1. The van der Waals surface area contributed by atoms with Gasteiger partial charge in [-0.05, 0) is 18.2 Å². The fourth-order valence-electron chi connectivity index (χ4n) is 1.58. The van der Waals surface area contributed by atoms with Crippen molar-refractivity contribution < 1.29 is 27.6 Å². The van der Waals surface area contributed by atoms with Crippen molar-refractivity contribution in [2.75, 3.05) is 0 Å². The monoisotopic (exact) mass is 377 g/mol. The number of halogens is 4. The number of hydrogen-bond acceptors (Lipinski definition) is 4. The van der Waals surface area contributed by atoms with Crippen LogP contribution in [0.1, 0.15) is 0 Å². The number of rotatable bonds is 4. The van der Waals surface area contributed by atoms with Crippen molar-refractivity contribution in [2.45, 2.75) is 6.36 Å². The van der Waals surface area contributed by atoms with Gasteiger partial charge in [0.15, 0.2) is 0 Å². The van der Waals surface area contributed by atoms with Crippen molar-refractivity contribution in [3.05, 3.63) is 57.1 Å². The van der Waals surface area contributed by atoms with Crippen molar-refractivity contribution in [1.29, 1.82) is 0 Å². The number of hydrogen-bond donors (Lipinski definition) is 0. The predicted octanol–water partition coefficient (Wildman–Crippen LogP) is 5.05. The summed E-state index contributed by atoms with van der Waals surface area (Å²) in [5.41, 5.74) is -0.314. The Labute approximate surface area is 130 Å². The summed E-state index contributed by atoms with van der Waals surface area (Å²) in [7, 11) is 0. The van der Waals surface area contributed by atoms with E-state index in [-0.39, 0.29) is 17.2 Å². The van der Waals surface area contributed by atoms with Gasteiger partial charge in [-0.1, -0.05) is 22.0 Å². The molecule has 9 heteroatoms. The normalized spacial score (nSPS) is 11.1. The van der Waals surface area contributed by atoms with Gasteiger partial charge in [-0.2, -0.15) is 0 Å². The van der Waals surface area contributed by atoms with Gasteiger partial charge in [0.05, 0.1) is 4.92 Å². The van der Waals surface area contributed by atoms with Gasteiger partial charge in [-0.3, -0.25) is 10.1 Å². The number of alkyl halides is 3. The van der Waals surface area contributed by atoms with E-state index < -0.39 is 17.0 Å². The molecule has 2 aromatic rings. The standard InChI is InChI=1S/C13H7BrF3NO4/c14-8-4-5-11(18(19)20)12(6-8)21-9-2-1-3-10(7-9)22-13(15,16)17/h1-7H. The van der Waals surface area contributed by atoms with E-state index in [0.717, 1.165) is 12.1 Å². The highest BCUT2D eigenvalue weighted by Gasteiger charge is 2.31. The summed E-state index contributed by atoms with van der Waals surface area (Å²) >= 11 is 3.14. The largest absolute Gasteiger partial charge is 0.573 e. The third-order valence-corrected chi connectivity index (χ3v) is 2.88. The number of ether oxygens (including phenoxy) is 2. The zero-order valence-corrected chi connectivity index (χ0v) is 12.2. The van der Waals surface area contributed by atoms with Gasteiger partial charge in [-0.25, -0.2) is 0 Å². The molecule has 0 spiro atoms. The maximum absolute atomic E-state index is 12.2. The van der Waals surface area contributed by atoms with Gasteiger partial charge in [-0.15, -0.1) is 13.2 Å². The first-order chi connectivity index (χ1) is 10.2. The highest BCUT2D eigenvalue weighted by atomic mass is 79.9. The molecule has 0 bridgehead atoms. The van der Waals surface area contributed by atoms with Gasteiger partial charge in [0.1, 0.15) is 11.5 Å². The molecule has 2 rings (SSSR count). The molecule has 0 N–H and O–H groups in total. The summed E-state index contributed by atoms with van der Waals surface area (Å²) in [5, 5.41) is 10.9. The fraction of sp³-hybridized carbons (Fsp3) is 0.0769. The Kier molecular flexibility index (Phi) is 4.55. The Morgan fingerprint density at radius 2 is 1.77 bits per heavy atom. The van der Waals surface area contributed by atoms with Gasteiger partial charge in [0.2, 0.25) is 5.75 Å². The number of nitrogens with zero attached hydrogens (tertiary/aromatic N) is 1. The van der Waals surface area contributed by atoms with Crippen LogP contribution in [0.15, 0.2) is 46.9 Å². The highest BCUT2D eigenvalue weighted by molar-refractivity contribution is 9.10. The summed E-state index contributed by atoms with van der Waals surface area (Å²) in [6.45, 7) is 0. The molecule has 0 aliphatic carbocycles. The van der Waals surface area contributed by atoms with E-state index in [4.69, 9.17) is 4.74 Å². The summed E-state index contributed by atoms with van der Waals surface area (Å²) < 4.78 is 46.1. The molecule has 0 saturated heterocycles. The summed E-state index contributed by atoms with van der Waals surface area (Å²) in [6.07, 6.45) is -4.83. The molecule has 5 nitrogen and oxygen atoms in total. The van der Waals surface area contributed by atoms with Crippen LogP contribution in [-0.2, 0) is 0 Å². The molecule has 0 aromatic heterocycles. The van der Waals surface area contributed by atoms with E-state index in [2.05, 4.69) is 20.7 Å². The van der Waals surface area contributed by atoms with Crippen LogP contribution in [0.4, 0.5) is 18.9 Å². The lowest BCUT2D eigenvalue weighted by Crippen LogP contribution is -2.17. The van der Waals surface area contributed by atoms with E-state index >= 15 is 0 Å². The van der Waals surface area contributed by atoms with Gasteiger partial charge in [0.25, 0.3) is 0 Å². The molecule has 0 amide bonds. The molecular weight excluding hydrogens is 371 g/mol. The molecular formula is C13H7BrF3NO4. The zero-order valence-electron chi connectivity index (χ0n) is 10.6. The number of nitro benzene ring substituents is 1. The first-order valence-corrected chi connectivity index (χ1v) is 6.51. The summed E-state index contributed by atoms with van der Waals surface area (Å²) in [4.78, 5) is 10.3. The first-order valence-electron chi connectivity index (χ1n) is 5.72. The van der Waals surface area contributed by atoms with Crippen LogP contribution in [0.5, 0.6) is 17.2 Å². The van der Waals surface area contributed by atoms with Crippen molar-refractivity contribution in [1.82, 2.24) is 0 Å². The van der Waals surface area contributed by atoms with Gasteiger partial charge >= 0.3 is 12.0 Å². The summed E-state index contributed by atoms with van der Waals surface area (Å²) in [5.74, 6) is -0.617. The van der Waals surface area contributed by atoms with Gasteiger partial charge < -0.3 is 9.47 Å². The van der Waals surface area contributed by atoms with Crippen LogP contribution < -0.4 is 9.47 Å². The van der Waals surface area contributed by atoms with Crippen LogP contribution in [-0.4, -0.2) is 11.3 Å². The smallest absolute Gasteiger partial charge is 0.450 e. The molecule has 0 atom stereocenters.